The normalized spacial score (nSPS) is 11.5. The van der Waals surface area contributed by atoms with Crippen molar-refractivity contribution in [1.82, 2.24) is 15.5 Å². The lowest BCUT2D eigenvalue weighted by Crippen LogP contribution is -2.37. The van der Waals surface area contributed by atoms with Crippen LogP contribution >= 0.6 is 34.5 Å². The average Bonchev–Trinajstić information content (AvgIpc) is 3.21. The van der Waals surface area contributed by atoms with Gasteiger partial charge in [0.05, 0.1) is 15.5 Å². The number of hydrogen-bond donors (Lipinski definition) is 1. The zero-order valence-corrected chi connectivity index (χ0v) is 19.9. The number of amides is 1. The third-order valence-corrected chi connectivity index (χ3v) is 7.69. The number of anilines is 1. The molecule has 3 aromatic rings. The SMILES string of the molecule is CC(C)N(c1nncs1)S(=O)(=O)c1ccc(CCNC(=O)c2ccc(Cl)cc2Cl)cc1. The number of rotatable bonds is 8. The molecule has 11 heteroatoms. The lowest BCUT2D eigenvalue weighted by molar-refractivity contribution is 0.0954. The van der Waals surface area contributed by atoms with Gasteiger partial charge in [-0.25, -0.2) is 12.7 Å². The molecule has 2 aromatic carbocycles. The summed E-state index contributed by atoms with van der Waals surface area (Å²) < 4.78 is 27.4. The van der Waals surface area contributed by atoms with Crippen LogP contribution in [0.25, 0.3) is 0 Å². The summed E-state index contributed by atoms with van der Waals surface area (Å²) in [6, 6.07) is 10.9. The van der Waals surface area contributed by atoms with Crippen molar-refractivity contribution >= 4 is 55.6 Å². The fourth-order valence-electron chi connectivity index (χ4n) is 2.90. The minimum absolute atomic E-state index is 0.164. The molecule has 0 saturated carbocycles. The van der Waals surface area contributed by atoms with Crippen molar-refractivity contribution in [1.29, 1.82) is 0 Å². The third kappa shape index (κ3) is 5.54. The Morgan fingerprint density at radius 3 is 2.45 bits per heavy atom. The zero-order chi connectivity index (χ0) is 22.6. The molecule has 0 saturated heterocycles. The molecule has 1 N–H and O–H groups in total. The molecule has 0 bridgehead atoms. The largest absolute Gasteiger partial charge is 0.352 e. The maximum Gasteiger partial charge on any atom is 0.266 e. The standard InChI is InChI=1S/C20H20Cl2N4O3S2/c1-13(2)26(20-25-24-12-30-20)31(28,29)16-6-3-14(4-7-16)9-10-23-19(27)17-8-5-15(21)11-18(17)22/h3-8,11-13H,9-10H2,1-2H3,(H,23,27). The summed E-state index contributed by atoms with van der Waals surface area (Å²) in [6.07, 6.45) is 0.529. The number of nitrogens with zero attached hydrogens (tertiary/aromatic N) is 3. The van der Waals surface area contributed by atoms with Gasteiger partial charge in [-0.3, -0.25) is 4.79 Å². The van der Waals surface area contributed by atoms with Gasteiger partial charge in [0.2, 0.25) is 5.13 Å². The molecular weight excluding hydrogens is 479 g/mol. The van der Waals surface area contributed by atoms with Crippen LogP contribution in [0.2, 0.25) is 10.0 Å². The summed E-state index contributed by atoms with van der Waals surface area (Å²) in [6.45, 7) is 3.93. The number of carbonyl (C=O) groups is 1. The second-order valence-corrected chi connectivity index (χ2v) is 10.4. The van der Waals surface area contributed by atoms with Gasteiger partial charge in [-0.15, -0.1) is 10.2 Å². The Bertz CT molecular complexity index is 1150. The molecule has 7 nitrogen and oxygen atoms in total. The topological polar surface area (TPSA) is 92.3 Å². The molecule has 1 aromatic heterocycles. The predicted molar refractivity (Wildman–Crippen MR) is 124 cm³/mol. The molecule has 0 spiro atoms. The average molecular weight is 499 g/mol. The third-order valence-electron chi connectivity index (χ3n) is 4.36. The van der Waals surface area contributed by atoms with E-state index in [1.165, 1.54) is 27.2 Å². The van der Waals surface area contributed by atoms with E-state index in [2.05, 4.69) is 15.5 Å². The Labute approximate surface area is 195 Å². The van der Waals surface area contributed by atoms with Crippen LogP contribution in [0.4, 0.5) is 5.13 Å². The Morgan fingerprint density at radius 1 is 1.16 bits per heavy atom. The van der Waals surface area contributed by atoms with Crippen LogP contribution in [0.1, 0.15) is 29.8 Å². The molecule has 0 fully saturated rings. The first kappa shape index (κ1) is 23.5. The number of benzene rings is 2. The van der Waals surface area contributed by atoms with E-state index in [0.717, 1.165) is 5.56 Å². The van der Waals surface area contributed by atoms with Crippen molar-refractivity contribution in [2.24, 2.45) is 0 Å². The highest BCUT2D eigenvalue weighted by molar-refractivity contribution is 7.93. The van der Waals surface area contributed by atoms with Gasteiger partial charge in [-0.1, -0.05) is 46.7 Å². The molecule has 31 heavy (non-hydrogen) atoms. The summed E-state index contributed by atoms with van der Waals surface area (Å²) in [7, 11) is -3.77. The lowest BCUT2D eigenvalue weighted by atomic mass is 10.1. The van der Waals surface area contributed by atoms with E-state index in [9.17, 15) is 13.2 Å². The van der Waals surface area contributed by atoms with Crippen molar-refractivity contribution in [2.75, 3.05) is 10.8 Å². The molecule has 0 radical (unpaired) electrons. The first-order valence-electron chi connectivity index (χ1n) is 9.33. The Kier molecular flexibility index (Phi) is 7.53. The minimum Gasteiger partial charge on any atom is -0.352 e. The molecule has 164 valence electrons. The smallest absolute Gasteiger partial charge is 0.266 e. The maximum absolute atomic E-state index is 13.1. The van der Waals surface area contributed by atoms with Crippen LogP contribution in [0.15, 0.2) is 52.9 Å². The van der Waals surface area contributed by atoms with Crippen molar-refractivity contribution < 1.29 is 13.2 Å². The van der Waals surface area contributed by atoms with Gasteiger partial charge in [-0.05, 0) is 56.2 Å². The Morgan fingerprint density at radius 2 is 1.87 bits per heavy atom. The second kappa shape index (κ2) is 9.95. The predicted octanol–water partition coefficient (Wildman–Crippen LogP) is 4.42. The zero-order valence-electron chi connectivity index (χ0n) is 16.7. The van der Waals surface area contributed by atoms with Gasteiger partial charge in [0, 0.05) is 17.6 Å². The van der Waals surface area contributed by atoms with E-state index in [1.807, 2.05) is 0 Å². The summed E-state index contributed by atoms with van der Waals surface area (Å²) >= 11 is 13.1. The summed E-state index contributed by atoms with van der Waals surface area (Å²) in [5.74, 6) is -0.300. The molecular formula is C20H20Cl2N4O3S2. The summed E-state index contributed by atoms with van der Waals surface area (Å²) in [5.41, 5.74) is 2.72. The monoisotopic (exact) mass is 498 g/mol. The number of halogens is 2. The summed E-state index contributed by atoms with van der Waals surface area (Å²) in [4.78, 5) is 12.4. The van der Waals surface area contributed by atoms with Crippen molar-refractivity contribution in [3.8, 4) is 0 Å². The highest BCUT2D eigenvalue weighted by Gasteiger charge is 2.29. The highest BCUT2D eigenvalue weighted by atomic mass is 35.5. The fraction of sp³-hybridized carbons (Fsp3) is 0.250. The van der Waals surface area contributed by atoms with E-state index in [1.54, 1.807) is 50.2 Å². The molecule has 0 aliphatic carbocycles. The van der Waals surface area contributed by atoms with Crippen LogP contribution in [0, 0.1) is 0 Å². The maximum atomic E-state index is 13.1. The van der Waals surface area contributed by atoms with Gasteiger partial charge in [0.1, 0.15) is 5.51 Å². The minimum atomic E-state index is -3.77. The van der Waals surface area contributed by atoms with Crippen molar-refractivity contribution in [3.05, 3.63) is 69.1 Å². The van der Waals surface area contributed by atoms with Crippen LogP contribution < -0.4 is 9.62 Å². The Hall–Kier alpha value is -2.20. The molecule has 1 amide bonds. The van der Waals surface area contributed by atoms with E-state index in [0.29, 0.717) is 28.7 Å². The number of nitrogens with one attached hydrogen (secondary N) is 1. The van der Waals surface area contributed by atoms with Gasteiger partial charge in [-0.2, -0.15) is 0 Å². The van der Waals surface area contributed by atoms with Crippen molar-refractivity contribution in [2.45, 2.75) is 31.2 Å². The number of hydrogen-bond acceptors (Lipinski definition) is 6. The van der Waals surface area contributed by atoms with Gasteiger partial charge < -0.3 is 5.32 Å². The fourth-order valence-corrected chi connectivity index (χ4v) is 5.92. The first-order valence-corrected chi connectivity index (χ1v) is 12.4. The Balaban J connectivity index is 1.65. The number of aromatic nitrogens is 2. The van der Waals surface area contributed by atoms with Crippen molar-refractivity contribution in [3.63, 3.8) is 0 Å². The second-order valence-electron chi connectivity index (χ2n) is 6.89. The highest BCUT2D eigenvalue weighted by Crippen LogP contribution is 2.27. The van der Waals surface area contributed by atoms with Crippen LogP contribution in [0.3, 0.4) is 0 Å². The quantitative estimate of drug-likeness (QED) is 0.496. The van der Waals surface area contributed by atoms with Gasteiger partial charge in [0.25, 0.3) is 15.9 Å². The lowest BCUT2D eigenvalue weighted by Gasteiger charge is -2.25. The molecule has 1 heterocycles. The van der Waals surface area contributed by atoms with E-state index >= 15 is 0 Å². The van der Waals surface area contributed by atoms with Gasteiger partial charge >= 0.3 is 0 Å². The van der Waals surface area contributed by atoms with Crippen LogP contribution in [0.5, 0.6) is 0 Å². The molecule has 0 aliphatic rings. The number of carbonyl (C=O) groups excluding carboxylic acids is 1. The molecule has 0 aliphatic heterocycles. The van der Waals surface area contributed by atoms with E-state index < -0.39 is 10.0 Å². The van der Waals surface area contributed by atoms with E-state index in [-0.39, 0.29) is 21.9 Å². The summed E-state index contributed by atoms with van der Waals surface area (Å²) in [5, 5.41) is 11.5. The molecule has 0 unspecified atom stereocenters. The number of sulfonamides is 1. The van der Waals surface area contributed by atoms with Gasteiger partial charge in [0.15, 0.2) is 0 Å². The molecule has 0 atom stereocenters. The first-order chi connectivity index (χ1) is 14.7. The van der Waals surface area contributed by atoms with Crippen LogP contribution in [-0.4, -0.2) is 37.1 Å². The molecule has 3 rings (SSSR count). The van der Waals surface area contributed by atoms with E-state index in [4.69, 9.17) is 23.2 Å². The van der Waals surface area contributed by atoms with Crippen LogP contribution in [-0.2, 0) is 16.4 Å².